The van der Waals surface area contributed by atoms with Crippen LogP contribution in [0.5, 0.6) is 0 Å². The number of amides is 1. The topological polar surface area (TPSA) is 101 Å². The van der Waals surface area contributed by atoms with Gasteiger partial charge in [-0.25, -0.2) is 13.1 Å². The van der Waals surface area contributed by atoms with Gasteiger partial charge < -0.3 is 11.1 Å². The Morgan fingerprint density at radius 2 is 1.95 bits per heavy atom. The van der Waals surface area contributed by atoms with Gasteiger partial charge in [-0.05, 0) is 12.3 Å². The average Bonchev–Trinajstić information content (AvgIpc) is 2.25. The lowest BCUT2D eigenvalue weighted by Gasteiger charge is -2.15. The van der Waals surface area contributed by atoms with E-state index in [0.717, 1.165) is 0 Å². The minimum absolute atomic E-state index is 0.0470. The van der Waals surface area contributed by atoms with E-state index in [1.807, 2.05) is 13.8 Å². The van der Waals surface area contributed by atoms with E-state index in [0.29, 0.717) is 18.9 Å². The standard InChI is InChI=1S/C11H23N3O3S2/c1-4-9(11(12)18)19(16,17)14-6-5-10(15)13-7-8(2)3/h8-9,14H,4-7H2,1-3H3,(H2,12,18)(H,13,15). The Labute approximate surface area is 120 Å². The van der Waals surface area contributed by atoms with E-state index in [1.165, 1.54) is 0 Å². The molecule has 0 aromatic rings. The summed E-state index contributed by atoms with van der Waals surface area (Å²) in [7, 11) is -3.59. The molecule has 1 unspecified atom stereocenters. The first kappa shape index (κ1) is 18.3. The van der Waals surface area contributed by atoms with Crippen LogP contribution in [0.25, 0.3) is 0 Å². The second-order valence-corrected chi connectivity index (χ2v) is 7.11. The number of hydrogen-bond donors (Lipinski definition) is 3. The predicted molar refractivity (Wildman–Crippen MR) is 80.3 cm³/mol. The Hall–Kier alpha value is -0.730. The van der Waals surface area contributed by atoms with E-state index in [9.17, 15) is 13.2 Å². The second-order valence-electron chi connectivity index (χ2n) is 4.69. The van der Waals surface area contributed by atoms with Gasteiger partial charge in [-0.1, -0.05) is 33.0 Å². The van der Waals surface area contributed by atoms with Gasteiger partial charge in [-0.3, -0.25) is 4.79 Å². The highest BCUT2D eigenvalue weighted by Crippen LogP contribution is 2.04. The van der Waals surface area contributed by atoms with Crippen LogP contribution < -0.4 is 15.8 Å². The molecular weight excluding hydrogens is 286 g/mol. The Bertz CT molecular complexity index is 407. The van der Waals surface area contributed by atoms with Crippen LogP contribution in [0.15, 0.2) is 0 Å². The number of nitrogens with two attached hydrogens (primary N) is 1. The maximum atomic E-state index is 11.8. The Morgan fingerprint density at radius 1 is 1.37 bits per heavy atom. The highest BCUT2D eigenvalue weighted by atomic mass is 32.2. The Morgan fingerprint density at radius 3 is 2.37 bits per heavy atom. The zero-order chi connectivity index (χ0) is 15.1. The fourth-order valence-corrected chi connectivity index (χ4v) is 3.27. The largest absolute Gasteiger partial charge is 0.392 e. The predicted octanol–water partition coefficient (Wildman–Crippen LogP) is 0.133. The van der Waals surface area contributed by atoms with Gasteiger partial charge in [0, 0.05) is 19.5 Å². The summed E-state index contributed by atoms with van der Waals surface area (Å²) in [4.78, 5) is 11.4. The van der Waals surface area contributed by atoms with Gasteiger partial charge in [0.1, 0.15) is 5.25 Å². The molecule has 112 valence electrons. The first-order valence-corrected chi connectivity index (χ1v) is 8.20. The summed E-state index contributed by atoms with van der Waals surface area (Å²) in [6.45, 7) is 6.29. The van der Waals surface area contributed by atoms with Gasteiger partial charge in [0.25, 0.3) is 0 Å². The second kappa shape index (κ2) is 8.44. The van der Waals surface area contributed by atoms with Gasteiger partial charge in [-0.2, -0.15) is 0 Å². The maximum Gasteiger partial charge on any atom is 0.221 e. The molecule has 0 spiro atoms. The highest BCUT2D eigenvalue weighted by molar-refractivity contribution is 7.93. The lowest BCUT2D eigenvalue weighted by Crippen LogP contribution is -2.42. The van der Waals surface area contributed by atoms with Crippen molar-refractivity contribution in [2.24, 2.45) is 11.7 Å². The number of hydrogen-bond acceptors (Lipinski definition) is 4. The third-order valence-electron chi connectivity index (χ3n) is 2.43. The molecular formula is C11H23N3O3S2. The number of carbonyl (C=O) groups excluding carboxylic acids is 1. The molecule has 1 atom stereocenters. The smallest absolute Gasteiger partial charge is 0.221 e. The van der Waals surface area contributed by atoms with Crippen LogP contribution in [0.2, 0.25) is 0 Å². The lowest BCUT2D eigenvalue weighted by atomic mass is 10.2. The average molecular weight is 309 g/mol. The third-order valence-corrected chi connectivity index (χ3v) is 4.80. The summed E-state index contributed by atoms with van der Waals surface area (Å²) in [6, 6.07) is 0. The summed E-state index contributed by atoms with van der Waals surface area (Å²) in [6.07, 6.45) is 0.407. The van der Waals surface area contributed by atoms with Gasteiger partial charge >= 0.3 is 0 Å². The zero-order valence-corrected chi connectivity index (χ0v) is 13.2. The van der Waals surface area contributed by atoms with E-state index >= 15 is 0 Å². The maximum absolute atomic E-state index is 11.8. The van der Waals surface area contributed by atoms with Crippen molar-refractivity contribution in [2.45, 2.75) is 38.9 Å². The van der Waals surface area contributed by atoms with Crippen molar-refractivity contribution in [3.05, 3.63) is 0 Å². The van der Waals surface area contributed by atoms with Crippen LogP contribution >= 0.6 is 12.2 Å². The first-order valence-electron chi connectivity index (χ1n) is 6.25. The molecule has 0 heterocycles. The third kappa shape index (κ3) is 7.44. The minimum atomic E-state index is -3.59. The van der Waals surface area contributed by atoms with Crippen LogP contribution in [-0.2, 0) is 14.8 Å². The summed E-state index contributed by atoms with van der Waals surface area (Å²) < 4.78 is 26.0. The SMILES string of the molecule is CCC(C(N)=S)S(=O)(=O)NCCC(=O)NCC(C)C. The molecule has 0 aliphatic heterocycles. The molecule has 0 saturated carbocycles. The lowest BCUT2D eigenvalue weighted by molar-refractivity contribution is -0.121. The summed E-state index contributed by atoms with van der Waals surface area (Å²) in [5.74, 6) is 0.180. The highest BCUT2D eigenvalue weighted by Gasteiger charge is 2.25. The Kier molecular flexibility index (Phi) is 8.12. The van der Waals surface area contributed by atoms with Gasteiger partial charge in [0.2, 0.25) is 15.9 Å². The van der Waals surface area contributed by atoms with Crippen molar-refractivity contribution in [1.82, 2.24) is 10.0 Å². The molecule has 19 heavy (non-hydrogen) atoms. The van der Waals surface area contributed by atoms with E-state index in [-0.39, 0.29) is 23.9 Å². The zero-order valence-electron chi connectivity index (χ0n) is 11.6. The summed E-state index contributed by atoms with van der Waals surface area (Å²) >= 11 is 4.72. The van der Waals surface area contributed by atoms with Crippen molar-refractivity contribution in [3.8, 4) is 0 Å². The quantitative estimate of drug-likeness (QED) is 0.526. The van der Waals surface area contributed by atoms with Gasteiger partial charge in [0.05, 0.1) is 4.99 Å². The molecule has 4 N–H and O–H groups in total. The van der Waals surface area contributed by atoms with E-state index in [2.05, 4.69) is 10.0 Å². The molecule has 0 aliphatic carbocycles. The van der Waals surface area contributed by atoms with Crippen molar-refractivity contribution in [1.29, 1.82) is 0 Å². The number of thiocarbonyl (C=S) groups is 1. The fraction of sp³-hybridized carbons (Fsp3) is 0.818. The van der Waals surface area contributed by atoms with Crippen molar-refractivity contribution in [3.63, 3.8) is 0 Å². The minimum Gasteiger partial charge on any atom is -0.392 e. The van der Waals surface area contributed by atoms with Crippen molar-refractivity contribution < 1.29 is 13.2 Å². The normalized spacial score (nSPS) is 13.3. The fourth-order valence-electron chi connectivity index (χ4n) is 1.39. The number of rotatable bonds is 9. The molecule has 0 rings (SSSR count). The number of carbonyl (C=O) groups is 1. The van der Waals surface area contributed by atoms with Crippen LogP contribution in [0.3, 0.4) is 0 Å². The molecule has 8 heteroatoms. The van der Waals surface area contributed by atoms with Crippen LogP contribution in [-0.4, -0.2) is 37.7 Å². The molecule has 1 amide bonds. The molecule has 6 nitrogen and oxygen atoms in total. The van der Waals surface area contributed by atoms with E-state index in [4.69, 9.17) is 18.0 Å². The number of nitrogens with one attached hydrogen (secondary N) is 2. The Balaban J connectivity index is 4.19. The van der Waals surface area contributed by atoms with Crippen molar-refractivity contribution in [2.75, 3.05) is 13.1 Å². The number of sulfonamides is 1. The molecule has 0 aliphatic rings. The van der Waals surface area contributed by atoms with Crippen LogP contribution in [0.1, 0.15) is 33.6 Å². The molecule has 0 aromatic carbocycles. The molecule has 0 bridgehead atoms. The van der Waals surface area contributed by atoms with Crippen LogP contribution in [0, 0.1) is 5.92 Å². The molecule has 0 aromatic heterocycles. The molecule has 0 saturated heterocycles. The summed E-state index contributed by atoms with van der Waals surface area (Å²) in [5, 5.41) is 1.82. The van der Waals surface area contributed by atoms with Crippen molar-refractivity contribution >= 4 is 33.1 Å². The van der Waals surface area contributed by atoms with Gasteiger partial charge in [-0.15, -0.1) is 0 Å². The van der Waals surface area contributed by atoms with E-state index in [1.54, 1.807) is 6.92 Å². The molecule has 0 fully saturated rings. The molecule has 0 radical (unpaired) electrons. The summed E-state index contributed by atoms with van der Waals surface area (Å²) in [5.41, 5.74) is 5.38. The monoisotopic (exact) mass is 309 g/mol. The van der Waals surface area contributed by atoms with Gasteiger partial charge in [0.15, 0.2) is 0 Å². The van der Waals surface area contributed by atoms with E-state index < -0.39 is 15.3 Å². The van der Waals surface area contributed by atoms with Crippen LogP contribution in [0.4, 0.5) is 0 Å². The first-order chi connectivity index (χ1) is 8.70.